The molecule has 0 saturated heterocycles. The van der Waals surface area contributed by atoms with E-state index in [1.165, 1.54) is 93.9 Å². The maximum Gasteiger partial charge on any atom is 0.0296 e. The molecule has 0 saturated carbocycles. The number of hydrogen-bond acceptors (Lipinski definition) is 1. The third kappa shape index (κ3) is 9.14. The standard InChI is InChI=1S/C20H34S/c1-3-5-6-7-8-9-10-11-12-13-14-15-16-19-17-18-21-20(19)4-2/h4,17-18H,2-3,5-16H2,1H3. The Labute approximate surface area is 136 Å². The summed E-state index contributed by atoms with van der Waals surface area (Å²) in [4.78, 5) is 1.37. The van der Waals surface area contributed by atoms with Crippen molar-refractivity contribution in [2.75, 3.05) is 0 Å². The monoisotopic (exact) mass is 306 g/mol. The molecule has 0 amide bonds. The third-order valence-corrected chi connectivity index (χ3v) is 5.22. The summed E-state index contributed by atoms with van der Waals surface area (Å²) in [5.74, 6) is 0. The molecule has 120 valence electrons. The minimum absolute atomic E-state index is 1.24. The fourth-order valence-electron chi connectivity index (χ4n) is 2.89. The predicted molar refractivity (Wildman–Crippen MR) is 99.2 cm³/mol. The summed E-state index contributed by atoms with van der Waals surface area (Å²) in [7, 11) is 0. The Kier molecular flexibility index (Phi) is 11.6. The van der Waals surface area contributed by atoms with Gasteiger partial charge in [-0.05, 0) is 29.9 Å². The highest BCUT2D eigenvalue weighted by atomic mass is 32.1. The van der Waals surface area contributed by atoms with E-state index in [4.69, 9.17) is 0 Å². The lowest BCUT2D eigenvalue weighted by Crippen LogP contribution is -1.86. The van der Waals surface area contributed by atoms with Gasteiger partial charge in [-0.2, -0.15) is 0 Å². The molecule has 0 unspecified atom stereocenters. The summed E-state index contributed by atoms with van der Waals surface area (Å²) in [6.07, 6.45) is 20.4. The van der Waals surface area contributed by atoms with Gasteiger partial charge in [-0.15, -0.1) is 11.3 Å². The molecule has 0 nitrogen and oxygen atoms in total. The highest BCUT2D eigenvalue weighted by molar-refractivity contribution is 7.11. The van der Waals surface area contributed by atoms with Gasteiger partial charge in [-0.25, -0.2) is 0 Å². The van der Waals surface area contributed by atoms with E-state index in [1.54, 1.807) is 0 Å². The molecule has 0 fully saturated rings. The summed E-state index contributed by atoms with van der Waals surface area (Å²) in [5.41, 5.74) is 1.50. The Morgan fingerprint density at radius 3 is 1.90 bits per heavy atom. The normalized spacial score (nSPS) is 10.9. The minimum Gasteiger partial charge on any atom is -0.144 e. The van der Waals surface area contributed by atoms with Gasteiger partial charge in [0.05, 0.1) is 0 Å². The maximum atomic E-state index is 3.88. The largest absolute Gasteiger partial charge is 0.144 e. The quantitative estimate of drug-likeness (QED) is 0.310. The zero-order valence-electron chi connectivity index (χ0n) is 14.0. The number of rotatable bonds is 14. The van der Waals surface area contributed by atoms with Crippen molar-refractivity contribution in [2.45, 2.75) is 90.4 Å². The van der Waals surface area contributed by atoms with E-state index in [0.717, 1.165) is 0 Å². The van der Waals surface area contributed by atoms with Crippen LogP contribution >= 0.6 is 11.3 Å². The number of hydrogen-bond donors (Lipinski definition) is 0. The van der Waals surface area contributed by atoms with Crippen LogP contribution in [0.25, 0.3) is 6.08 Å². The van der Waals surface area contributed by atoms with Gasteiger partial charge >= 0.3 is 0 Å². The molecule has 0 atom stereocenters. The first kappa shape index (κ1) is 18.5. The van der Waals surface area contributed by atoms with E-state index in [0.29, 0.717) is 0 Å². The third-order valence-electron chi connectivity index (χ3n) is 4.27. The molecule has 1 rings (SSSR count). The highest BCUT2D eigenvalue weighted by Crippen LogP contribution is 2.20. The zero-order chi connectivity index (χ0) is 15.2. The van der Waals surface area contributed by atoms with Gasteiger partial charge in [0.15, 0.2) is 0 Å². The molecule has 0 radical (unpaired) electrons. The molecule has 0 spiro atoms. The first-order valence-electron chi connectivity index (χ1n) is 9.07. The molecule has 0 aliphatic rings. The van der Waals surface area contributed by atoms with Crippen LogP contribution in [0.1, 0.15) is 94.4 Å². The molecule has 0 aliphatic heterocycles. The van der Waals surface area contributed by atoms with Crippen LogP contribution in [0.4, 0.5) is 0 Å². The van der Waals surface area contributed by atoms with Crippen molar-refractivity contribution in [1.82, 2.24) is 0 Å². The molecule has 1 aromatic heterocycles. The first-order chi connectivity index (χ1) is 10.4. The average molecular weight is 307 g/mol. The molecule has 0 aromatic carbocycles. The van der Waals surface area contributed by atoms with Crippen LogP contribution in [0.2, 0.25) is 0 Å². The molecular weight excluding hydrogens is 272 g/mol. The highest BCUT2D eigenvalue weighted by Gasteiger charge is 2.00. The smallest absolute Gasteiger partial charge is 0.0296 e. The molecule has 1 aromatic rings. The van der Waals surface area contributed by atoms with Crippen LogP contribution in [0, 0.1) is 0 Å². The van der Waals surface area contributed by atoms with E-state index in [2.05, 4.69) is 24.9 Å². The Bertz CT molecular complexity index is 350. The molecular formula is C20H34S. The van der Waals surface area contributed by atoms with E-state index in [-0.39, 0.29) is 0 Å². The Morgan fingerprint density at radius 1 is 0.857 bits per heavy atom. The molecule has 0 N–H and O–H groups in total. The van der Waals surface area contributed by atoms with Crippen molar-refractivity contribution in [2.24, 2.45) is 0 Å². The molecule has 0 aliphatic carbocycles. The maximum absolute atomic E-state index is 3.88. The van der Waals surface area contributed by atoms with Crippen LogP contribution < -0.4 is 0 Å². The second kappa shape index (κ2) is 13.1. The van der Waals surface area contributed by atoms with Gasteiger partial charge in [0, 0.05) is 4.88 Å². The van der Waals surface area contributed by atoms with Crippen LogP contribution in [-0.4, -0.2) is 0 Å². The molecule has 21 heavy (non-hydrogen) atoms. The van der Waals surface area contributed by atoms with Gasteiger partial charge in [-0.3, -0.25) is 0 Å². The van der Waals surface area contributed by atoms with Crippen molar-refractivity contribution in [3.63, 3.8) is 0 Å². The summed E-state index contributed by atoms with van der Waals surface area (Å²) >= 11 is 1.82. The second-order valence-electron chi connectivity index (χ2n) is 6.15. The van der Waals surface area contributed by atoms with Gasteiger partial charge in [0.2, 0.25) is 0 Å². The summed E-state index contributed by atoms with van der Waals surface area (Å²) < 4.78 is 0. The number of unbranched alkanes of at least 4 members (excludes halogenated alkanes) is 11. The topological polar surface area (TPSA) is 0 Å². The van der Waals surface area contributed by atoms with Crippen LogP contribution in [-0.2, 0) is 6.42 Å². The van der Waals surface area contributed by atoms with E-state index >= 15 is 0 Å². The van der Waals surface area contributed by atoms with E-state index < -0.39 is 0 Å². The fourth-order valence-corrected chi connectivity index (χ4v) is 3.69. The number of aryl methyl sites for hydroxylation is 1. The van der Waals surface area contributed by atoms with Gasteiger partial charge in [-0.1, -0.05) is 90.2 Å². The lowest BCUT2D eigenvalue weighted by molar-refractivity contribution is 0.544. The zero-order valence-corrected chi connectivity index (χ0v) is 14.9. The van der Waals surface area contributed by atoms with Gasteiger partial charge < -0.3 is 0 Å². The average Bonchev–Trinajstić information content (AvgIpc) is 2.96. The van der Waals surface area contributed by atoms with Crippen LogP contribution in [0.5, 0.6) is 0 Å². The van der Waals surface area contributed by atoms with Crippen molar-refractivity contribution in [3.8, 4) is 0 Å². The Morgan fingerprint density at radius 2 is 1.38 bits per heavy atom. The van der Waals surface area contributed by atoms with E-state index in [9.17, 15) is 0 Å². The van der Waals surface area contributed by atoms with Crippen LogP contribution in [0.3, 0.4) is 0 Å². The summed E-state index contributed by atoms with van der Waals surface area (Å²) in [6.45, 7) is 6.17. The second-order valence-corrected chi connectivity index (χ2v) is 7.10. The van der Waals surface area contributed by atoms with E-state index in [1.807, 2.05) is 17.4 Å². The van der Waals surface area contributed by atoms with Crippen molar-refractivity contribution >= 4 is 17.4 Å². The Hall–Kier alpha value is -0.560. The molecule has 1 heteroatoms. The van der Waals surface area contributed by atoms with Crippen molar-refractivity contribution in [3.05, 3.63) is 28.5 Å². The van der Waals surface area contributed by atoms with Crippen molar-refractivity contribution < 1.29 is 0 Å². The SMILES string of the molecule is C=Cc1sccc1CCCCCCCCCCCCCC. The van der Waals surface area contributed by atoms with Gasteiger partial charge in [0.1, 0.15) is 0 Å². The minimum atomic E-state index is 1.24. The molecule has 0 bridgehead atoms. The lowest BCUT2D eigenvalue weighted by Gasteiger charge is -2.03. The predicted octanol–water partition coefficient (Wildman–Crippen LogP) is 7.63. The molecule has 1 heterocycles. The lowest BCUT2D eigenvalue weighted by atomic mass is 10.0. The summed E-state index contributed by atoms with van der Waals surface area (Å²) in [5, 5.41) is 2.19. The summed E-state index contributed by atoms with van der Waals surface area (Å²) in [6, 6.07) is 2.26. The number of thiophene rings is 1. The van der Waals surface area contributed by atoms with Crippen LogP contribution in [0.15, 0.2) is 18.0 Å². The van der Waals surface area contributed by atoms with Crippen molar-refractivity contribution in [1.29, 1.82) is 0 Å². The van der Waals surface area contributed by atoms with Gasteiger partial charge in [0.25, 0.3) is 0 Å². The first-order valence-corrected chi connectivity index (χ1v) is 9.95. The Balaban J connectivity index is 1.84. The fraction of sp³-hybridized carbons (Fsp3) is 0.700.